The van der Waals surface area contributed by atoms with Crippen LogP contribution in [-0.4, -0.2) is 17.8 Å². The minimum Gasteiger partial charge on any atom is -0.423 e. The topological polar surface area (TPSA) is 84.5 Å². The highest BCUT2D eigenvalue weighted by atomic mass is 19.2. The van der Waals surface area contributed by atoms with E-state index in [0.29, 0.717) is 11.6 Å². The van der Waals surface area contributed by atoms with Gasteiger partial charge in [-0.15, -0.1) is 0 Å². The Labute approximate surface area is 238 Å². The van der Waals surface area contributed by atoms with E-state index in [2.05, 4.69) is 13.2 Å². The number of hydrogen-bond acceptors (Lipinski definition) is 4. The lowest BCUT2D eigenvalue weighted by Crippen LogP contribution is -2.18. The Bertz CT molecular complexity index is 1680. The van der Waals surface area contributed by atoms with Gasteiger partial charge in [0.1, 0.15) is 17.1 Å². The molecule has 0 aliphatic rings. The van der Waals surface area contributed by atoms with Gasteiger partial charge in [0.25, 0.3) is 5.91 Å². The van der Waals surface area contributed by atoms with Crippen LogP contribution in [0.3, 0.4) is 0 Å². The first-order valence-electron chi connectivity index (χ1n) is 11.7. The van der Waals surface area contributed by atoms with Crippen LogP contribution in [0.1, 0.15) is 19.4 Å². The highest BCUT2D eigenvalue weighted by Gasteiger charge is 2.35. The maximum Gasteiger partial charge on any atom is 0.338 e. The van der Waals surface area contributed by atoms with Crippen molar-refractivity contribution in [2.45, 2.75) is 13.8 Å². The van der Waals surface area contributed by atoms with Crippen LogP contribution < -0.4 is 15.4 Å². The van der Waals surface area contributed by atoms with E-state index in [1.807, 2.05) is 0 Å². The van der Waals surface area contributed by atoms with Gasteiger partial charge in [0, 0.05) is 17.2 Å². The fraction of sp³-hybridized carbons (Fsp3) is 0.0690. The molecule has 6 nitrogen and oxygen atoms in total. The van der Waals surface area contributed by atoms with Crippen LogP contribution in [0.4, 0.5) is 46.5 Å². The molecule has 43 heavy (non-hydrogen) atoms. The summed E-state index contributed by atoms with van der Waals surface area (Å²) in [6, 6.07) is 5.42. The second kappa shape index (κ2) is 12.7. The summed E-state index contributed by atoms with van der Waals surface area (Å²) in [6.45, 7) is 9.09. The molecule has 2 amide bonds. The molecule has 0 spiro atoms. The predicted octanol–water partition coefficient (Wildman–Crippen LogP) is 7.11. The van der Waals surface area contributed by atoms with E-state index in [1.54, 1.807) is 0 Å². The van der Waals surface area contributed by atoms with Crippen molar-refractivity contribution in [2.75, 3.05) is 10.6 Å². The second-order valence-corrected chi connectivity index (χ2v) is 8.81. The molecule has 3 aromatic rings. The molecule has 3 aromatic carbocycles. The number of carbonyl (C=O) groups excluding carboxylic acids is 3. The average Bonchev–Trinajstić information content (AvgIpc) is 2.96. The molecular weight excluding hydrogens is 592 g/mol. The average molecular weight is 610 g/mol. The number of halogens is 8. The van der Waals surface area contributed by atoms with E-state index in [1.165, 1.54) is 41.8 Å². The zero-order chi connectivity index (χ0) is 32.3. The largest absolute Gasteiger partial charge is 0.423 e. The fourth-order valence-corrected chi connectivity index (χ4v) is 3.32. The lowest BCUT2D eigenvalue weighted by Gasteiger charge is -2.16. The third-order valence-electron chi connectivity index (χ3n) is 5.52. The van der Waals surface area contributed by atoms with Crippen molar-refractivity contribution in [3.05, 3.63) is 107 Å². The van der Waals surface area contributed by atoms with Crippen LogP contribution in [0.5, 0.6) is 5.75 Å². The van der Waals surface area contributed by atoms with Gasteiger partial charge in [-0.1, -0.05) is 25.3 Å². The third kappa shape index (κ3) is 6.63. The summed E-state index contributed by atoms with van der Waals surface area (Å²) < 4.78 is 123. The van der Waals surface area contributed by atoms with Crippen molar-refractivity contribution in [2.24, 2.45) is 0 Å². The molecule has 0 fully saturated rings. The molecular formula is C29H18F8N2O4. The quantitative estimate of drug-likeness (QED) is 0.0936. The number of hydrogen-bond donors (Lipinski definition) is 2. The standard InChI is InChI=1S/C29H18F8N2O4/c1-11(2)28(41)39-27-24(36)20(32)17(21(33)25(27)37)16-18(30)22(34)26(23(35)19(16)31)38-15(40)10-7-13-5-8-14(9-6-13)43-29(42)12(3)4/h5-10H,1,3H2,2,4H3,(H,38,40)(H,39,41)/b10-7+. The van der Waals surface area contributed by atoms with Crippen molar-refractivity contribution < 1.29 is 54.2 Å². The Morgan fingerprint density at radius 3 is 1.47 bits per heavy atom. The SMILES string of the molecule is C=C(C)C(=O)Nc1c(F)c(F)c(-c2c(F)c(F)c(NC(=O)/C=C/c3ccc(OC(=O)C(=C)C)cc3)c(F)c2F)c(F)c1F. The minimum absolute atomic E-state index is 0.128. The molecule has 0 radical (unpaired) electrons. The number of amides is 2. The lowest BCUT2D eigenvalue weighted by molar-refractivity contribution is -0.130. The van der Waals surface area contributed by atoms with E-state index < -0.39 is 86.8 Å². The molecule has 0 unspecified atom stereocenters. The van der Waals surface area contributed by atoms with Gasteiger partial charge in [0.05, 0.1) is 11.1 Å². The summed E-state index contributed by atoms with van der Waals surface area (Å²) in [5, 5.41) is 3.00. The molecule has 2 N–H and O–H groups in total. The maximum atomic E-state index is 14.9. The highest BCUT2D eigenvalue weighted by Crippen LogP contribution is 2.40. The Balaban J connectivity index is 1.94. The van der Waals surface area contributed by atoms with Gasteiger partial charge in [-0.05, 0) is 37.6 Å². The van der Waals surface area contributed by atoms with Crippen LogP contribution in [0.25, 0.3) is 17.2 Å². The normalized spacial score (nSPS) is 10.9. The summed E-state index contributed by atoms with van der Waals surface area (Å²) in [5.41, 5.74) is -7.63. The molecule has 0 aromatic heterocycles. The van der Waals surface area contributed by atoms with Crippen molar-refractivity contribution >= 4 is 35.2 Å². The second-order valence-electron chi connectivity index (χ2n) is 8.81. The van der Waals surface area contributed by atoms with E-state index >= 15 is 0 Å². The van der Waals surface area contributed by atoms with Crippen LogP contribution in [-0.2, 0) is 14.4 Å². The predicted molar refractivity (Wildman–Crippen MR) is 140 cm³/mol. The van der Waals surface area contributed by atoms with E-state index in [9.17, 15) is 49.5 Å². The van der Waals surface area contributed by atoms with Gasteiger partial charge < -0.3 is 15.4 Å². The van der Waals surface area contributed by atoms with Gasteiger partial charge in [-0.3, -0.25) is 9.59 Å². The third-order valence-corrected chi connectivity index (χ3v) is 5.52. The molecule has 0 atom stereocenters. The number of rotatable bonds is 8. The van der Waals surface area contributed by atoms with E-state index in [4.69, 9.17) is 4.74 Å². The van der Waals surface area contributed by atoms with Gasteiger partial charge in [-0.25, -0.2) is 39.9 Å². The molecule has 3 rings (SSSR count). The highest BCUT2D eigenvalue weighted by molar-refractivity contribution is 6.03. The summed E-state index contributed by atoms with van der Waals surface area (Å²) in [7, 11) is 0. The van der Waals surface area contributed by atoms with E-state index in [-0.39, 0.29) is 16.9 Å². The smallest absolute Gasteiger partial charge is 0.338 e. The Kier molecular flexibility index (Phi) is 9.53. The zero-order valence-corrected chi connectivity index (χ0v) is 22.0. The molecule has 0 aliphatic carbocycles. The molecule has 0 aliphatic heterocycles. The Morgan fingerprint density at radius 2 is 1.07 bits per heavy atom. The minimum atomic E-state index is -2.51. The Hall–Kier alpha value is -5.27. The molecule has 224 valence electrons. The molecule has 0 saturated heterocycles. The Morgan fingerprint density at radius 1 is 0.651 bits per heavy atom. The van der Waals surface area contributed by atoms with Gasteiger partial charge in [0.2, 0.25) is 5.91 Å². The van der Waals surface area contributed by atoms with Crippen LogP contribution >= 0.6 is 0 Å². The lowest BCUT2D eigenvalue weighted by atomic mass is 10.00. The van der Waals surface area contributed by atoms with Crippen LogP contribution in [0.2, 0.25) is 0 Å². The number of anilines is 2. The van der Waals surface area contributed by atoms with Crippen molar-refractivity contribution in [3.63, 3.8) is 0 Å². The van der Waals surface area contributed by atoms with Crippen LogP contribution in [0, 0.1) is 46.5 Å². The van der Waals surface area contributed by atoms with Crippen molar-refractivity contribution in [1.82, 2.24) is 0 Å². The number of nitrogens with one attached hydrogen (secondary N) is 2. The number of ether oxygens (including phenoxy) is 1. The summed E-state index contributed by atoms with van der Waals surface area (Å²) in [5.74, 6) is -22.6. The maximum absolute atomic E-state index is 14.9. The van der Waals surface area contributed by atoms with Crippen molar-refractivity contribution in [1.29, 1.82) is 0 Å². The van der Waals surface area contributed by atoms with Gasteiger partial charge in [-0.2, -0.15) is 0 Å². The van der Waals surface area contributed by atoms with Gasteiger partial charge in [0.15, 0.2) is 46.5 Å². The first kappa shape index (κ1) is 32.2. The first-order chi connectivity index (χ1) is 20.1. The molecule has 0 saturated carbocycles. The summed E-state index contributed by atoms with van der Waals surface area (Å²) in [4.78, 5) is 35.4. The first-order valence-corrected chi connectivity index (χ1v) is 11.7. The van der Waals surface area contributed by atoms with Crippen LogP contribution in [0.15, 0.2) is 54.6 Å². The number of carbonyl (C=O) groups is 3. The number of esters is 1. The van der Waals surface area contributed by atoms with Crippen molar-refractivity contribution in [3.8, 4) is 16.9 Å². The van der Waals surface area contributed by atoms with Gasteiger partial charge >= 0.3 is 5.97 Å². The molecule has 0 heterocycles. The summed E-state index contributed by atoms with van der Waals surface area (Å²) in [6.07, 6.45) is 1.79. The summed E-state index contributed by atoms with van der Waals surface area (Å²) >= 11 is 0. The zero-order valence-electron chi connectivity index (χ0n) is 22.0. The molecule has 14 heteroatoms. The fourth-order valence-electron chi connectivity index (χ4n) is 3.32. The number of benzene rings is 3. The molecule has 0 bridgehead atoms. The van der Waals surface area contributed by atoms with E-state index in [0.717, 1.165) is 13.0 Å². The monoisotopic (exact) mass is 610 g/mol.